The smallest absolute Gasteiger partial charge is 0.163 e. The fraction of sp³-hybridized carbons (Fsp3) is 0.133. The SMILES string of the molecule is O=C(CCc1ccccc1)c1ccccc1.O=C(CCc1ccccc1)c1ccccc1. The number of ketones is 2. The predicted molar refractivity (Wildman–Crippen MR) is 131 cm³/mol. The Labute approximate surface area is 190 Å². The molecule has 0 fully saturated rings. The van der Waals surface area contributed by atoms with Crippen molar-refractivity contribution in [1.29, 1.82) is 0 Å². The molecule has 0 unspecified atom stereocenters. The van der Waals surface area contributed by atoms with Crippen molar-refractivity contribution in [2.75, 3.05) is 0 Å². The summed E-state index contributed by atoms with van der Waals surface area (Å²) in [5, 5.41) is 0. The van der Waals surface area contributed by atoms with Crippen LogP contribution in [0.1, 0.15) is 44.7 Å². The van der Waals surface area contributed by atoms with Crippen molar-refractivity contribution in [3.8, 4) is 0 Å². The Balaban J connectivity index is 0.000000181. The Kier molecular flexibility index (Phi) is 9.17. The maximum atomic E-state index is 11.8. The molecule has 0 aromatic heterocycles. The highest BCUT2D eigenvalue weighted by molar-refractivity contribution is 5.96. The van der Waals surface area contributed by atoms with Crippen molar-refractivity contribution >= 4 is 11.6 Å². The first kappa shape index (κ1) is 22.9. The number of hydrogen-bond acceptors (Lipinski definition) is 2. The van der Waals surface area contributed by atoms with Gasteiger partial charge >= 0.3 is 0 Å². The Hall–Kier alpha value is -3.78. The summed E-state index contributed by atoms with van der Waals surface area (Å²) in [6.45, 7) is 0. The monoisotopic (exact) mass is 420 g/mol. The number of hydrogen-bond donors (Lipinski definition) is 0. The summed E-state index contributed by atoms with van der Waals surface area (Å²) < 4.78 is 0. The van der Waals surface area contributed by atoms with Gasteiger partial charge < -0.3 is 0 Å². The van der Waals surface area contributed by atoms with Crippen molar-refractivity contribution in [1.82, 2.24) is 0 Å². The van der Waals surface area contributed by atoms with Crippen LogP contribution in [-0.4, -0.2) is 11.6 Å². The van der Waals surface area contributed by atoms with E-state index in [2.05, 4.69) is 24.3 Å². The Morgan fingerprint density at radius 1 is 0.406 bits per heavy atom. The van der Waals surface area contributed by atoms with Crippen LogP contribution >= 0.6 is 0 Å². The summed E-state index contributed by atoms with van der Waals surface area (Å²) in [5.74, 6) is 0.425. The zero-order valence-electron chi connectivity index (χ0n) is 18.2. The standard InChI is InChI=1S/2C15H14O/c2*16-15(14-9-5-2-6-10-14)12-11-13-7-3-1-4-8-13/h2*1-10H,11-12H2. The predicted octanol–water partition coefficient (Wildman–Crippen LogP) is 7.00. The Bertz CT molecular complexity index is 982. The molecule has 32 heavy (non-hydrogen) atoms. The van der Waals surface area contributed by atoms with Gasteiger partial charge in [-0.25, -0.2) is 0 Å². The van der Waals surface area contributed by atoms with E-state index in [9.17, 15) is 9.59 Å². The van der Waals surface area contributed by atoms with Gasteiger partial charge in [0, 0.05) is 24.0 Å². The third-order valence-electron chi connectivity index (χ3n) is 5.16. The molecule has 0 saturated heterocycles. The van der Waals surface area contributed by atoms with Crippen LogP contribution in [0.15, 0.2) is 121 Å². The van der Waals surface area contributed by atoms with E-state index in [-0.39, 0.29) is 11.6 Å². The zero-order chi connectivity index (χ0) is 22.4. The molecule has 2 heteroatoms. The highest BCUT2D eigenvalue weighted by atomic mass is 16.1. The summed E-state index contributed by atoms with van der Waals surface area (Å²) in [6.07, 6.45) is 2.78. The molecule has 160 valence electrons. The molecule has 0 N–H and O–H groups in total. The van der Waals surface area contributed by atoms with Crippen molar-refractivity contribution in [3.63, 3.8) is 0 Å². The highest BCUT2D eigenvalue weighted by Crippen LogP contribution is 2.09. The lowest BCUT2D eigenvalue weighted by atomic mass is 10.0. The fourth-order valence-corrected chi connectivity index (χ4v) is 3.34. The quantitative estimate of drug-likeness (QED) is 0.287. The number of aryl methyl sites for hydroxylation is 2. The highest BCUT2D eigenvalue weighted by Gasteiger charge is 2.05. The van der Waals surface area contributed by atoms with Crippen LogP contribution in [0.3, 0.4) is 0 Å². The third kappa shape index (κ3) is 7.81. The molecule has 0 aliphatic carbocycles. The van der Waals surface area contributed by atoms with E-state index >= 15 is 0 Å². The average Bonchev–Trinajstić information content (AvgIpc) is 2.88. The molecule has 0 saturated carbocycles. The van der Waals surface area contributed by atoms with Crippen molar-refractivity contribution in [2.45, 2.75) is 25.7 Å². The molecule has 0 spiro atoms. The Morgan fingerprint density at radius 2 is 0.688 bits per heavy atom. The first-order valence-electron chi connectivity index (χ1n) is 11.0. The molecule has 0 atom stereocenters. The summed E-state index contributed by atoms with van der Waals surface area (Å²) in [4.78, 5) is 23.6. The molecule has 0 amide bonds. The van der Waals surface area contributed by atoms with Crippen molar-refractivity contribution in [2.24, 2.45) is 0 Å². The number of rotatable bonds is 8. The summed E-state index contributed by atoms with van der Waals surface area (Å²) >= 11 is 0. The van der Waals surface area contributed by atoms with Crippen LogP contribution in [0.5, 0.6) is 0 Å². The molecule has 4 aromatic rings. The first-order chi connectivity index (χ1) is 15.7. The second-order valence-corrected chi connectivity index (χ2v) is 7.55. The molecule has 0 heterocycles. The van der Waals surface area contributed by atoms with Gasteiger partial charge in [0.1, 0.15) is 0 Å². The van der Waals surface area contributed by atoms with E-state index in [1.54, 1.807) is 0 Å². The van der Waals surface area contributed by atoms with Gasteiger partial charge in [-0.1, -0.05) is 121 Å². The molecular weight excluding hydrogens is 392 g/mol. The average molecular weight is 421 g/mol. The molecule has 0 aliphatic rings. The second-order valence-electron chi connectivity index (χ2n) is 7.55. The number of carbonyl (C=O) groups is 2. The lowest BCUT2D eigenvalue weighted by Gasteiger charge is -2.01. The second kappa shape index (κ2) is 12.8. The van der Waals surface area contributed by atoms with Gasteiger partial charge in [-0.05, 0) is 24.0 Å². The molecule has 0 bridgehead atoms. The number of benzene rings is 4. The maximum absolute atomic E-state index is 11.8. The van der Waals surface area contributed by atoms with E-state index in [0.29, 0.717) is 12.8 Å². The van der Waals surface area contributed by atoms with Crippen LogP contribution in [-0.2, 0) is 12.8 Å². The van der Waals surface area contributed by atoms with Crippen molar-refractivity contribution in [3.05, 3.63) is 144 Å². The molecular formula is C30H28O2. The van der Waals surface area contributed by atoms with Crippen LogP contribution < -0.4 is 0 Å². The minimum Gasteiger partial charge on any atom is -0.294 e. The van der Waals surface area contributed by atoms with Crippen LogP contribution in [0, 0.1) is 0 Å². The van der Waals surface area contributed by atoms with Gasteiger partial charge in [0.2, 0.25) is 0 Å². The molecule has 0 radical (unpaired) electrons. The molecule has 2 nitrogen and oxygen atoms in total. The van der Waals surface area contributed by atoms with E-state index in [4.69, 9.17) is 0 Å². The third-order valence-corrected chi connectivity index (χ3v) is 5.16. The minimum atomic E-state index is 0.212. The van der Waals surface area contributed by atoms with Gasteiger partial charge in [0.15, 0.2) is 11.6 Å². The molecule has 0 aliphatic heterocycles. The molecule has 4 aromatic carbocycles. The molecule has 4 rings (SSSR count). The van der Waals surface area contributed by atoms with Gasteiger partial charge in [0.05, 0.1) is 0 Å². The summed E-state index contributed by atoms with van der Waals surface area (Å²) in [5.41, 5.74) is 4.04. The van der Waals surface area contributed by atoms with Crippen LogP contribution in [0.4, 0.5) is 0 Å². The largest absolute Gasteiger partial charge is 0.294 e. The lowest BCUT2D eigenvalue weighted by molar-refractivity contribution is 0.0975. The summed E-state index contributed by atoms with van der Waals surface area (Å²) in [7, 11) is 0. The minimum absolute atomic E-state index is 0.212. The Morgan fingerprint density at radius 3 is 1.00 bits per heavy atom. The number of Topliss-reactive ketones (excluding diaryl/α,β-unsaturated/α-hetero) is 2. The zero-order valence-corrected chi connectivity index (χ0v) is 18.2. The van der Waals surface area contributed by atoms with E-state index in [0.717, 1.165) is 24.0 Å². The summed E-state index contributed by atoms with van der Waals surface area (Å²) in [6, 6.07) is 39.1. The van der Waals surface area contributed by atoms with Gasteiger partial charge in [-0.3, -0.25) is 9.59 Å². The van der Waals surface area contributed by atoms with Crippen LogP contribution in [0.2, 0.25) is 0 Å². The van der Waals surface area contributed by atoms with Gasteiger partial charge in [-0.15, -0.1) is 0 Å². The van der Waals surface area contributed by atoms with E-state index < -0.39 is 0 Å². The topological polar surface area (TPSA) is 34.1 Å². The van der Waals surface area contributed by atoms with E-state index in [1.165, 1.54) is 11.1 Å². The van der Waals surface area contributed by atoms with Gasteiger partial charge in [0.25, 0.3) is 0 Å². The van der Waals surface area contributed by atoms with Crippen molar-refractivity contribution < 1.29 is 9.59 Å². The maximum Gasteiger partial charge on any atom is 0.163 e. The van der Waals surface area contributed by atoms with Gasteiger partial charge in [-0.2, -0.15) is 0 Å². The number of carbonyl (C=O) groups excluding carboxylic acids is 2. The van der Waals surface area contributed by atoms with E-state index in [1.807, 2.05) is 97.1 Å². The van der Waals surface area contributed by atoms with Crippen LogP contribution in [0.25, 0.3) is 0 Å². The fourth-order valence-electron chi connectivity index (χ4n) is 3.34. The normalized spacial score (nSPS) is 10.0. The lowest BCUT2D eigenvalue weighted by Crippen LogP contribution is -2.00. The first-order valence-corrected chi connectivity index (χ1v) is 11.0.